The average Bonchev–Trinajstić information content (AvgIpc) is 2.92. The largest absolute Gasteiger partial charge is 0.495 e. The molecule has 0 atom stereocenters. The maximum atomic E-state index is 11.9. The summed E-state index contributed by atoms with van der Waals surface area (Å²) in [5.74, 6) is 0.301. The number of aromatic nitrogens is 2. The van der Waals surface area contributed by atoms with Crippen LogP contribution in [0.5, 0.6) is 5.75 Å². The first kappa shape index (κ1) is 13.6. The molecule has 0 spiro atoms. The van der Waals surface area contributed by atoms with Crippen molar-refractivity contribution in [2.75, 3.05) is 17.7 Å². The summed E-state index contributed by atoms with van der Waals surface area (Å²) >= 11 is 0. The molecular formula is C13H14N4O3. The van der Waals surface area contributed by atoms with Gasteiger partial charge in [0.15, 0.2) is 0 Å². The Labute approximate surface area is 115 Å². The third kappa shape index (κ3) is 3.14. The first-order valence-corrected chi connectivity index (χ1v) is 5.85. The highest BCUT2D eigenvalue weighted by molar-refractivity contribution is 5.95. The van der Waals surface area contributed by atoms with Crippen LogP contribution in [0.2, 0.25) is 0 Å². The number of nitrogens with zero attached hydrogens (tertiary/aromatic N) is 2. The molecule has 0 aliphatic heterocycles. The van der Waals surface area contributed by atoms with E-state index in [0.717, 1.165) is 0 Å². The monoisotopic (exact) mass is 274 g/mol. The minimum Gasteiger partial charge on any atom is -0.495 e. The second-order valence-electron chi connectivity index (χ2n) is 4.00. The molecule has 0 unspecified atom stereocenters. The van der Waals surface area contributed by atoms with Crippen LogP contribution in [0.15, 0.2) is 36.9 Å². The fraction of sp³-hybridized carbons (Fsp3) is 0.154. The summed E-state index contributed by atoms with van der Waals surface area (Å²) < 4.78 is 6.47. The van der Waals surface area contributed by atoms with Gasteiger partial charge in [0, 0.05) is 25.0 Å². The van der Waals surface area contributed by atoms with Gasteiger partial charge in [0.05, 0.1) is 12.8 Å². The maximum absolute atomic E-state index is 11.9. The van der Waals surface area contributed by atoms with Crippen LogP contribution in [0.1, 0.15) is 6.92 Å². The van der Waals surface area contributed by atoms with E-state index in [1.807, 2.05) is 0 Å². The van der Waals surface area contributed by atoms with E-state index in [4.69, 9.17) is 4.74 Å². The van der Waals surface area contributed by atoms with Gasteiger partial charge in [0.1, 0.15) is 12.1 Å². The average molecular weight is 274 g/mol. The molecule has 0 aliphatic carbocycles. The number of imidazole rings is 1. The summed E-state index contributed by atoms with van der Waals surface area (Å²) in [6.07, 6.45) is 4.42. The lowest BCUT2D eigenvalue weighted by Gasteiger charge is -2.12. The van der Waals surface area contributed by atoms with Crippen molar-refractivity contribution in [3.05, 3.63) is 36.9 Å². The summed E-state index contributed by atoms with van der Waals surface area (Å²) in [5, 5.41) is 5.32. The van der Waals surface area contributed by atoms with Gasteiger partial charge in [-0.15, -0.1) is 0 Å². The van der Waals surface area contributed by atoms with Gasteiger partial charge in [-0.25, -0.2) is 9.78 Å². The van der Waals surface area contributed by atoms with Gasteiger partial charge >= 0.3 is 6.03 Å². The number of rotatable bonds is 3. The van der Waals surface area contributed by atoms with Crippen molar-refractivity contribution in [1.82, 2.24) is 9.55 Å². The summed E-state index contributed by atoms with van der Waals surface area (Å²) in [6.45, 7) is 1.41. The number of carbonyl (C=O) groups excluding carboxylic acids is 2. The molecule has 2 rings (SSSR count). The number of nitrogens with one attached hydrogen (secondary N) is 2. The first-order valence-electron chi connectivity index (χ1n) is 5.85. The Morgan fingerprint density at radius 3 is 2.70 bits per heavy atom. The van der Waals surface area contributed by atoms with E-state index in [1.54, 1.807) is 18.2 Å². The van der Waals surface area contributed by atoms with Gasteiger partial charge in [-0.3, -0.25) is 9.36 Å². The van der Waals surface area contributed by atoms with E-state index in [-0.39, 0.29) is 11.9 Å². The van der Waals surface area contributed by atoms with Crippen molar-refractivity contribution in [1.29, 1.82) is 0 Å². The second-order valence-corrected chi connectivity index (χ2v) is 4.00. The Kier molecular flexibility index (Phi) is 3.99. The lowest BCUT2D eigenvalue weighted by Crippen LogP contribution is -2.18. The Morgan fingerprint density at radius 2 is 2.10 bits per heavy atom. The molecule has 2 aromatic rings. The molecule has 20 heavy (non-hydrogen) atoms. The Hall–Kier alpha value is -2.83. The van der Waals surface area contributed by atoms with E-state index >= 15 is 0 Å². The first-order chi connectivity index (χ1) is 9.60. The van der Waals surface area contributed by atoms with Crippen LogP contribution in [0, 0.1) is 0 Å². The second kappa shape index (κ2) is 5.87. The molecule has 7 heteroatoms. The van der Waals surface area contributed by atoms with E-state index in [9.17, 15) is 9.59 Å². The lowest BCUT2D eigenvalue weighted by atomic mass is 10.2. The topological polar surface area (TPSA) is 85.3 Å². The predicted molar refractivity (Wildman–Crippen MR) is 73.9 cm³/mol. The highest BCUT2D eigenvalue weighted by Crippen LogP contribution is 2.28. The number of carbonyl (C=O) groups is 2. The zero-order valence-electron chi connectivity index (χ0n) is 11.1. The van der Waals surface area contributed by atoms with Crippen molar-refractivity contribution in [3.63, 3.8) is 0 Å². The zero-order valence-corrected chi connectivity index (χ0v) is 11.1. The third-order valence-electron chi connectivity index (χ3n) is 2.50. The number of hydrogen-bond acceptors (Lipinski definition) is 4. The van der Waals surface area contributed by atoms with Crippen LogP contribution in [0.4, 0.5) is 16.2 Å². The predicted octanol–water partition coefficient (Wildman–Crippen LogP) is 1.93. The van der Waals surface area contributed by atoms with Gasteiger partial charge in [0.2, 0.25) is 5.91 Å². The molecule has 0 saturated carbocycles. The standard InChI is InChI=1S/C13H14N4O3/c1-9(18)15-10-3-4-12(20-2)11(7-10)16-13(19)17-6-5-14-8-17/h3-8H,1-2H3,(H,15,18)(H,16,19). The van der Waals surface area contributed by atoms with Crippen LogP contribution in [-0.2, 0) is 4.79 Å². The highest BCUT2D eigenvalue weighted by Gasteiger charge is 2.10. The van der Waals surface area contributed by atoms with Gasteiger partial charge in [-0.2, -0.15) is 0 Å². The van der Waals surface area contributed by atoms with Crippen molar-refractivity contribution in [3.8, 4) is 5.75 Å². The molecule has 104 valence electrons. The molecule has 1 aromatic carbocycles. The normalized spacial score (nSPS) is 9.90. The quantitative estimate of drug-likeness (QED) is 0.895. The molecule has 2 amide bonds. The third-order valence-corrected chi connectivity index (χ3v) is 2.50. The molecule has 2 N–H and O–H groups in total. The van der Waals surface area contributed by atoms with E-state index in [1.165, 1.54) is 37.3 Å². The van der Waals surface area contributed by atoms with Crippen molar-refractivity contribution in [2.45, 2.75) is 6.92 Å². The molecule has 0 fully saturated rings. The number of ether oxygens (including phenoxy) is 1. The molecule has 0 bridgehead atoms. The molecule has 0 saturated heterocycles. The van der Waals surface area contributed by atoms with Crippen LogP contribution in [0.3, 0.4) is 0 Å². The van der Waals surface area contributed by atoms with Crippen LogP contribution in [-0.4, -0.2) is 28.6 Å². The summed E-state index contributed by atoms with van der Waals surface area (Å²) in [4.78, 5) is 26.8. The van der Waals surface area contributed by atoms with Crippen LogP contribution >= 0.6 is 0 Å². The lowest BCUT2D eigenvalue weighted by molar-refractivity contribution is -0.114. The van der Waals surface area contributed by atoms with Crippen LogP contribution < -0.4 is 15.4 Å². The van der Waals surface area contributed by atoms with E-state index in [2.05, 4.69) is 15.6 Å². The summed E-state index contributed by atoms with van der Waals surface area (Å²) in [7, 11) is 1.50. The number of amides is 2. The number of hydrogen-bond donors (Lipinski definition) is 2. The van der Waals surface area contributed by atoms with E-state index in [0.29, 0.717) is 17.1 Å². The van der Waals surface area contributed by atoms with Gasteiger partial charge < -0.3 is 15.4 Å². The zero-order chi connectivity index (χ0) is 14.5. The van der Waals surface area contributed by atoms with Crippen molar-refractivity contribution < 1.29 is 14.3 Å². The van der Waals surface area contributed by atoms with Gasteiger partial charge in [-0.1, -0.05) is 0 Å². The van der Waals surface area contributed by atoms with Gasteiger partial charge in [0.25, 0.3) is 0 Å². The SMILES string of the molecule is COc1ccc(NC(C)=O)cc1NC(=O)n1ccnc1. The van der Waals surface area contributed by atoms with Crippen LogP contribution in [0.25, 0.3) is 0 Å². The van der Waals surface area contributed by atoms with E-state index < -0.39 is 0 Å². The van der Waals surface area contributed by atoms with Gasteiger partial charge in [-0.05, 0) is 18.2 Å². The Bertz CT molecular complexity index is 623. The fourth-order valence-electron chi connectivity index (χ4n) is 1.65. The maximum Gasteiger partial charge on any atom is 0.331 e. The Balaban J connectivity index is 2.24. The molecule has 1 heterocycles. The molecule has 1 aromatic heterocycles. The highest BCUT2D eigenvalue weighted by atomic mass is 16.5. The summed E-state index contributed by atoms with van der Waals surface area (Å²) in [5.41, 5.74) is 1.02. The fourth-order valence-corrected chi connectivity index (χ4v) is 1.65. The minimum atomic E-state index is -0.374. The number of anilines is 2. The molecule has 0 radical (unpaired) electrons. The number of methoxy groups -OCH3 is 1. The summed E-state index contributed by atoms with van der Waals surface area (Å²) in [6, 6.07) is 4.59. The molecule has 7 nitrogen and oxygen atoms in total. The van der Waals surface area contributed by atoms with Crippen molar-refractivity contribution >= 4 is 23.3 Å². The van der Waals surface area contributed by atoms with Crippen molar-refractivity contribution in [2.24, 2.45) is 0 Å². The number of benzene rings is 1. The minimum absolute atomic E-state index is 0.193. The molecular weight excluding hydrogens is 260 g/mol. The smallest absolute Gasteiger partial charge is 0.331 e. The molecule has 0 aliphatic rings. The Morgan fingerprint density at radius 1 is 1.30 bits per heavy atom.